The van der Waals surface area contributed by atoms with Gasteiger partial charge in [-0.15, -0.1) is 11.3 Å². The van der Waals surface area contributed by atoms with Gasteiger partial charge in [-0.25, -0.2) is 0 Å². The number of amides is 2. The van der Waals surface area contributed by atoms with Crippen LogP contribution in [0.4, 0.5) is 5.00 Å². The number of benzene rings is 1. The maximum atomic E-state index is 12.1. The molecule has 0 bridgehead atoms. The molecule has 1 saturated carbocycles. The van der Waals surface area contributed by atoms with Crippen LogP contribution in [0.3, 0.4) is 0 Å². The average molecular weight is 356 g/mol. The number of aryl methyl sites for hydroxylation is 1. The summed E-state index contributed by atoms with van der Waals surface area (Å²) >= 11 is 1.41. The van der Waals surface area contributed by atoms with E-state index in [4.69, 9.17) is 5.73 Å². The van der Waals surface area contributed by atoms with Crippen molar-refractivity contribution in [1.29, 1.82) is 0 Å². The van der Waals surface area contributed by atoms with Crippen LogP contribution in [0.5, 0.6) is 0 Å². The van der Waals surface area contributed by atoms with Gasteiger partial charge in [-0.1, -0.05) is 45.0 Å². The van der Waals surface area contributed by atoms with E-state index in [1.54, 1.807) is 0 Å². The van der Waals surface area contributed by atoms with Crippen molar-refractivity contribution in [3.8, 4) is 11.1 Å². The zero-order valence-corrected chi connectivity index (χ0v) is 15.9. The molecule has 4 nitrogen and oxygen atoms in total. The van der Waals surface area contributed by atoms with Gasteiger partial charge < -0.3 is 11.1 Å². The monoisotopic (exact) mass is 356 g/mol. The molecule has 1 aromatic carbocycles. The summed E-state index contributed by atoms with van der Waals surface area (Å²) in [6, 6.07) is 8.21. The molecule has 2 amide bonds. The summed E-state index contributed by atoms with van der Waals surface area (Å²) in [6.07, 6.45) is 1.84. The first-order chi connectivity index (χ1) is 11.7. The summed E-state index contributed by atoms with van der Waals surface area (Å²) in [5, 5.41) is 3.47. The molecule has 3 N–H and O–H groups in total. The fourth-order valence-electron chi connectivity index (χ4n) is 2.91. The molecular weight excluding hydrogens is 332 g/mol. The van der Waals surface area contributed by atoms with Gasteiger partial charge in [0, 0.05) is 16.4 Å². The van der Waals surface area contributed by atoms with Crippen LogP contribution in [0.25, 0.3) is 11.1 Å². The molecule has 1 heterocycles. The predicted molar refractivity (Wildman–Crippen MR) is 103 cm³/mol. The second-order valence-electron chi connectivity index (χ2n) is 7.69. The molecule has 25 heavy (non-hydrogen) atoms. The number of hydrogen-bond donors (Lipinski definition) is 2. The van der Waals surface area contributed by atoms with Gasteiger partial charge in [0.25, 0.3) is 5.91 Å². The van der Waals surface area contributed by atoms with Crippen molar-refractivity contribution < 1.29 is 9.59 Å². The minimum atomic E-state index is -0.509. The van der Waals surface area contributed by atoms with E-state index in [0.29, 0.717) is 10.6 Å². The number of primary amides is 1. The lowest BCUT2D eigenvalue weighted by molar-refractivity contribution is -0.117. The van der Waals surface area contributed by atoms with E-state index in [-0.39, 0.29) is 17.2 Å². The Labute approximate surface area is 152 Å². The maximum absolute atomic E-state index is 12.1. The zero-order valence-electron chi connectivity index (χ0n) is 15.1. The Balaban J connectivity index is 2.01. The largest absolute Gasteiger partial charge is 0.365 e. The first-order valence-electron chi connectivity index (χ1n) is 8.53. The topological polar surface area (TPSA) is 72.2 Å². The van der Waals surface area contributed by atoms with E-state index in [1.165, 1.54) is 16.9 Å². The normalized spacial score (nSPS) is 14.4. The van der Waals surface area contributed by atoms with Crippen LogP contribution in [-0.2, 0) is 10.2 Å². The second kappa shape index (κ2) is 6.30. The molecule has 2 aromatic rings. The fourth-order valence-corrected chi connectivity index (χ4v) is 4.00. The molecule has 0 spiro atoms. The zero-order chi connectivity index (χ0) is 18.4. The molecule has 1 aliphatic carbocycles. The van der Waals surface area contributed by atoms with Gasteiger partial charge in [0.05, 0.1) is 5.56 Å². The smallest absolute Gasteiger partial charge is 0.252 e. The quantitative estimate of drug-likeness (QED) is 0.848. The average Bonchev–Trinajstić information content (AvgIpc) is 3.31. The van der Waals surface area contributed by atoms with Gasteiger partial charge in [-0.05, 0) is 36.3 Å². The van der Waals surface area contributed by atoms with Crippen LogP contribution < -0.4 is 11.1 Å². The van der Waals surface area contributed by atoms with E-state index >= 15 is 0 Å². The molecule has 0 aliphatic heterocycles. The molecule has 132 valence electrons. The van der Waals surface area contributed by atoms with Crippen molar-refractivity contribution in [1.82, 2.24) is 0 Å². The molecular formula is C20H24N2O2S. The molecule has 3 rings (SSSR count). The highest BCUT2D eigenvalue weighted by Gasteiger charge is 2.31. The molecule has 0 saturated heterocycles. The van der Waals surface area contributed by atoms with E-state index < -0.39 is 5.91 Å². The van der Waals surface area contributed by atoms with Crippen molar-refractivity contribution in [2.45, 2.75) is 46.0 Å². The number of nitrogens with two attached hydrogens (primary N) is 1. The van der Waals surface area contributed by atoms with E-state index in [1.807, 2.05) is 19.1 Å². The standard InChI is InChI=1S/C20H24N2O2S/c1-11-15(12-7-9-14(10-8-12)20(2,3)4)16(17(21)23)19(25-11)22-18(24)13-5-6-13/h7-10,13H,5-6H2,1-4H3,(H2,21,23)(H,22,24). The minimum absolute atomic E-state index is 0.0154. The number of hydrogen-bond acceptors (Lipinski definition) is 3. The predicted octanol–water partition coefficient (Wildman–Crippen LogP) is 4.47. The highest BCUT2D eigenvalue weighted by molar-refractivity contribution is 7.17. The van der Waals surface area contributed by atoms with Gasteiger partial charge in [-0.2, -0.15) is 0 Å². The Morgan fingerprint density at radius 3 is 2.24 bits per heavy atom. The molecule has 1 fully saturated rings. The van der Waals surface area contributed by atoms with Crippen LogP contribution in [0, 0.1) is 12.8 Å². The Morgan fingerprint density at radius 2 is 1.76 bits per heavy atom. The minimum Gasteiger partial charge on any atom is -0.365 e. The molecule has 1 aromatic heterocycles. The number of rotatable bonds is 4. The fraction of sp³-hybridized carbons (Fsp3) is 0.400. The van der Waals surface area contributed by atoms with Gasteiger partial charge in [-0.3, -0.25) is 9.59 Å². The SMILES string of the molecule is Cc1sc(NC(=O)C2CC2)c(C(N)=O)c1-c1ccc(C(C)(C)C)cc1. The molecule has 1 aliphatic rings. The van der Waals surface area contributed by atoms with Crippen LogP contribution in [-0.4, -0.2) is 11.8 Å². The number of thiophene rings is 1. The molecule has 0 atom stereocenters. The first kappa shape index (κ1) is 17.7. The summed E-state index contributed by atoms with van der Waals surface area (Å²) < 4.78 is 0. The van der Waals surface area contributed by atoms with E-state index in [2.05, 4.69) is 38.2 Å². The summed E-state index contributed by atoms with van der Waals surface area (Å²) in [5.74, 6) is -0.443. The summed E-state index contributed by atoms with van der Waals surface area (Å²) in [4.78, 5) is 25.2. The van der Waals surface area contributed by atoms with Crippen molar-refractivity contribution >= 4 is 28.2 Å². The van der Waals surface area contributed by atoms with E-state index in [0.717, 1.165) is 28.8 Å². The highest BCUT2D eigenvalue weighted by atomic mass is 32.1. The van der Waals surface area contributed by atoms with Crippen LogP contribution >= 0.6 is 11.3 Å². The number of anilines is 1. The van der Waals surface area contributed by atoms with Crippen molar-refractivity contribution in [3.05, 3.63) is 40.3 Å². The molecule has 0 radical (unpaired) electrons. The van der Waals surface area contributed by atoms with Crippen LogP contribution in [0.15, 0.2) is 24.3 Å². The second-order valence-corrected chi connectivity index (χ2v) is 8.92. The van der Waals surface area contributed by atoms with Crippen molar-refractivity contribution in [2.24, 2.45) is 11.7 Å². The Kier molecular flexibility index (Phi) is 4.45. The Hall–Kier alpha value is -2.14. The lowest BCUT2D eigenvalue weighted by Gasteiger charge is -2.19. The van der Waals surface area contributed by atoms with Gasteiger partial charge in [0.1, 0.15) is 5.00 Å². The highest BCUT2D eigenvalue weighted by Crippen LogP contribution is 2.41. The maximum Gasteiger partial charge on any atom is 0.252 e. The first-order valence-corrected chi connectivity index (χ1v) is 9.35. The number of carbonyl (C=O) groups excluding carboxylic acids is 2. The third-order valence-electron chi connectivity index (χ3n) is 4.56. The summed E-state index contributed by atoms with van der Waals surface area (Å²) in [6.45, 7) is 8.45. The summed E-state index contributed by atoms with van der Waals surface area (Å²) in [5.41, 5.74) is 9.13. The van der Waals surface area contributed by atoms with Crippen molar-refractivity contribution in [2.75, 3.05) is 5.32 Å². The lowest BCUT2D eigenvalue weighted by Crippen LogP contribution is -2.18. The van der Waals surface area contributed by atoms with Crippen LogP contribution in [0.1, 0.15) is 54.4 Å². The number of nitrogens with one attached hydrogen (secondary N) is 1. The lowest BCUT2D eigenvalue weighted by atomic mass is 9.86. The third kappa shape index (κ3) is 3.61. The van der Waals surface area contributed by atoms with Crippen molar-refractivity contribution in [3.63, 3.8) is 0 Å². The Bertz CT molecular complexity index is 825. The number of carbonyl (C=O) groups is 2. The van der Waals surface area contributed by atoms with E-state index in [9.17, 15) is 9.59 Å². The summed E-state index contributed by atoms with van der Waals surface area (Å²) in [7, 11) is 0. The third-order valence-corrected chi connectivity index (χ3v) is 5.58. The molecule has 0 unspecified atom stereocenters. The molecule has 5 heteroatoms. The Morgan fingerprint density at radius 1 is 1.16 bits per heavy atom. The van der Waals surface area contributed by atoms with Gasteiger partial charge in [0.15, 0.2) is 0 Å². The van der Waals surface area contributed by atoms with Gasteiger partial charge in [0.2, 0.25) is 5.91 Å². The van der Waals surface area contributed by atoms with Crippen LogP contribution in [0.2, 0.25) is 0 Å². The van der Waals surface area contributed by atoms with Gasteiger partial charge >= 0.3 is 0 Å².